The number of alkyl halides is 1. The van der Waals surface area contributed by atoms with Crippen molar-refractivity contribution in [1.29, 1.82) is 0 Å². The fourth-order valence-corrected chi connectivity index (χ4v) is 4.48. The molecule has 1 saturated heterocycles. The van der Waals surface area contributed by atoms with Crippen LogP contribution in [0.1, 0.15) is 31.1 Å². The molecule has 1 aromatic carbocycles. The number of nitrogens with one attached hydrogen (secondary N) is 2. The topological polar surface area (TPSA) is 109 Å². The minimum Gasteiger partial charge on any atom is -0.447 e. The number of benzene rings is 1. The molecule has 9 nitrogen and oxygen atoms in total. The summed E-state index contributed by atoms with van der Waals surface area (Å²) in [7, 11) is 0. The highest BCUT2D eigenvalue weighted by Crippen LogP contribution is 2.31. The van der Waals surface area contributed by atoms with E-state index in [0.717, 1.165) is 26.9 Å². The van der Waals surface area contributed by atoms with Gasteiger partial charge in [0.1, 0.15) is 24.6 Å². The first-order valence-electron chi connectivity index (χ1n) is 11.6. The highest BCUT2D eigenvalue weighted by Gasteiger charge is 2.39. The van der Waals surface area contributed by atoms with Crippen LogP contribution in [0.5, 0.6) is 0 Å². The molecule has 4 rings (SSSR count). The van der Waals surface area contributed by atoms with Crippen LogP contribution in [0.15, 0.2) is 59.9 Å². The molecule has 11 heteroatoms. The van der Waals surface area contributed by atoms with Gasteiger partial charge in [-0.15, -0.1) is 0 Å². The molecule has 1 fully saturated rings. The molecule has 0 saturated carbocycles. The minimum atomic E-state index is -1.28. The summed E-state index contributed by atoms with van der Waals surface area (Å²) < 4.78 is 19.8. The molecule has 2 aromatic heterocycles. The molecule has 37 heavy (non-hydrogen) atoms. The number of ether oxygens (including phenoxy) is 1. The van der Waals surface area contributed by atoms with Gasteiger partial charge in [-0.25, -0.2) is 14.2 Å². The maximum Gasteiger partial charge on any atom is 0.416 e. The number of carbonyl (C=O) groups excluding carboxylic acids is 2. The van der Waals surface area contributed by atoms with E-state index in [1.807, 2.05) is 32.0 Å². The average molecular weight is 569 g/mol. The van der Waals surface area contributed by atoms with Crippen LogP contribution in [0.2, 0.25) is 0 Å². The van der Waals surface area contributed by atoms with Crippen molar-refractivity contribution in [2.24, 2.45) is 0 Å². The number of rotatable bonds is 8. The van der Waals surface area contributed by atoms with Gasteiger partial charge in [-0.1, -0.05) is 22.5 Å². The SMILES string of the molecule is C=CC(=O)Nc1cc(Br)cc(-c2cnc([C@H](C)Nc3nccc(N4C(=O)OC[C@@H]4[C@H](C)F)n3)cc2C)c1. The van der Waals surface area contributed by atoms with Crippen LogP contribution >= 0.6 is 15.9 Å². The van der Waals surface area contributed by atoms with Crippen molar-refractivity contribution in [2.45, 2.75) is 39.0 Å². The van der Waals surface area contributed by atoms with E-state index in [2.05, 4.69) is 48.1 Å². The third kappa shape index (κ3) is 5.93. The van der Waals surface area contributed by atoms with Crippen molar-refractivity contribution in [3.05, 3.63) is 71.1 Å². The van der Waals surface area contributed by atoms with Crippen LogP contribution in [0.25, 0.3) is 11.1 Å². The average Bonchev–Trinajstić information content (AvgIpc) is 3.25. The van der Waals surface area contributed by atoms with Gasteiger partial charge < -0.3 is 15.4 Å². The molecule has 3 atom stereocenters. The highest BCUT2D eigenvalue weighted by molar-refractivity contribution is 9.10. The number of pyridine rings is 1. The van der Waals surface area contributed by atoms with E-state index in [1.54, 1.807) is 18.3 Å². The lowest BCUT2D eigenvalue weighted by molar-refractivity contribution is -0.111. The van der Waals surface area contributed by atoms with Gasteiger partial charge in [0.25, 0.3) is 0 Å². The lowest BCUT2D eigenvalue weighted by Gasteiger charge is -2.22. The smallest absolute Gasteiger partial charge is 0.416 e. The van der Waals surface area contributed by atoms with Gasteiger partial charge >= 0.3 is 6.09 Å². The van der Waals surface area contributed by atoms with E-state index >= 15 is 0 Å². The summed E-state index contributed by atoms with van der Waals surface area (Å²) in [5.41, 5.74) is 4.16. The molecule has 3 heterocycles. The zero-order valence-electron chi connectivity index (χ0n) is 20.5. The first kappa shape index (κ1) is 26.2. The molecule has 3 aromatic rings. The van der Waals surface area contributed by atoms with Gasteiger partial charge in [0.2, 0.25) is 11.9 Å². The van der Waals surface area contributed by atoms with Crippen molar-refractivity contribution in [3.63, 3.8) is 0 Å². The van der Waals surface area contributed by atoms with E-state index in [4.69, 9.17) is 4.74 Å². The van der Waals surface area contributed by atoms with Gasteiger partial charge in [-0.2, -0.15) is 4.98 Å². The van der Waals surface area contributed by atoms with E-state index < -0.39 is 18.3 Å². The first-order chi connectivity index (χ1) is 17.7. The Morgan fingerprint density at radius 1 is 1.30 bits per heavy atom. The predicted molar refractivity (Wildman–Crippen MR) is 143 cm³/mol. The van der Waals surface area contributed by atoms with Crippen molar-refractivity contribution < 1.29 is 18.7 Å². The monoisotopic (exact) mass is 568 g/mol. The normalized spacial score (nSPS) is 16.6. The van der Waals surface area contributed by atoms with Crippen molar-refractivity contribution in [2.75, 3.05) is 22.1 Å². The molecular weight excluding hydrogens is 543 g/mol. The number of aryl methyl sites for hydroxylation is 1. The van der Waals surface area contributed by atoms with Crippen LogP contribution < -0.4 is 15.5 Å². The number of halogens is 2. The highest BCUT2D eigenvalue weighted by atomic mass is 79.9. The number of carbonyl (C=O) groups is 2. The summed E-state index contributed by atoms with van der Waals surface area (Å²) in [6.07, 6.45) is 2.57. The maximum absolute atomic E-state index is 14.0. The molecule has 1 aliphatic heterocycles. The van der Waals surface area contributed by atoms with Crippen LogP contribution in [0, 0.1) is 6.92 Å². The molecule has 1 aliphatic rings. The quantitative estimate of drug-likeness (QED) is 0.341. The summed E-state index contributed by atoms with van der Waals surface area (Å²) in [5.74, 6) is 0.236. The second kappa shape index (κ2) is 11.0. The lowest BCUT2D eigenvalue weighted by atomic mass is 10.0. The Morgan fingerprint density at radius 2 is 2.08 bits per heavy atom. The fraction of sp³-hybridized carbons (Fsp3) is 0.269. The Hall–Kier alpha value is -3.86. The Labute approximate surface area is 222 Å². The predicted octanol–water partition coefficient (Wildman–Crippen LogP) is 5.59. The molecule has 2 amide bonds. The van der Waals surface area contributed by atoms with Crippen LogP contribution in [0.4, 0.5) is 26.6 Å². The fourth-order valence-electron chi connectivity index (χ4n) is 3.99. The van der Waals surface area contributed by atoms with Gasteiger partial charge in [0, 0.05) is 28.1 Å². The second-order valence-corrected chi connectivity index (χ2v) is 9.56. The van der Waals surface area contributed by atoms with Crippen LogP contribution in [-0.2, 0) is 9.53 Å². The standard InChI is InChI=1S/C26H26BrFN6O3/c1-5-24(35)32-19-10-17(9-18(27)11-19)20-12-30-21(8-14(20)2)16(4)31-25-29-7-6-23(33-25)34-22(15(3)28)13-37-26(34)36/h5-12,15-16,22H,1,13H2,2-4H3,(H,32,35)(H,29,31,33)/t15-,16-,22+/m0/s1. The third-order valence-corrected chi connectivity index (χ3v) is 6.36. The van der Waals surface area contributed by atoms with E-state index in [9.17, 15) is 14.0 Å². The zero-order chi connectivity index (χ0) is 26.7. The number of cyclic esters (lactones) is 1. The molecule has 0 aliphatic carbocycles. The summed E-state index contributed by atoms with van der Waals surface area (Å²) in [6, 6.07) is 8.11. The molecule has 0 bridgehead atoms. The number of hydrogen-bond acceptors (Lipinski definition) is 7. The Kier molecular flexibility index (Phi) is 7.82. The summed E-state index contributed by atoms with van der Waals surface area (Å²) in [5, 5.41) is 5.96. The lowest BCUT2D eigenvalue weighted by Crippen LogP contribution is -2.39. The van der Waals surface area contributed by atoms with E-state index in [0.29, 0.717) is 5.69 Å². The van der Waals surface area contributed by atoms with Crippen molar-refractivity contribution in [3.8, 4) is 11.1 Å². The van der Waals surface area contributed by atoms with Gasteiger partial charge in [-0.3, -0.25) is 14.7 Å². The molecule has 0 unspecified atom stereocenters. The summed E-state index contributed by atoms with van der Waals surface area (Å²) in [4.78, 5) is 38.4. The van der Waals surface area contributed by atoms with E-state index in [1.165, 1.54) is 24.1 Å². The Morgan fingerprint density at radius 3 is 2.78 bits per heavy atom. The molecular formula is C26H26BrFN6O3. The third-order valence-electron chi connectivity index (χ3n) is 5.91. The summed E-state index contributed by atoms with van der Waals surface area (Å²) in [6.45, 7) is 8.72. The second-order valence-electron chi connectivity index (χ2n) is 8.64. The van der Waals surface area contributed by atoms with Crippen LogP contribution in [-0.4, -0.2) is 45.8 Å². The van der Waals surface area contributed by atoms with Gasteiger partial charge in [0.05, 0.1) is 11.7 Å². The number of aromatic nitrogens is 3. The molecule has 2 N–H and O–H groups in total. The summed E-state index contributed by atoms with van der Waals surface area (Å²) >= 11 is 3.49. The van der Waals surface area contributed by atoms with Gasteiger partial charge in [-0.05, 0) is 68.3 Å². The maximum atomic E-state index is 14.0. The Balaban J connectivity index is 1.53. The minimum absolute atomic E-state index is 0.0324. The van der Waals surface area contributed by atoms with Crippen molar-refractivity contribution in [1.82, 2.24) is 15.0 Å². The molecule has 192 valence electrons. The number of anilines is 3. The number of nitrogens with zero attached hydrogens (tertiary/aromatic N) is 4. The number of amides is 2. The van der Waals surface area contributed by atoms with E-state index in [-0.39, 0.29) is 30.3 Å². The molecule has 0 spiro atoms. The number of hydrogen-bond donors (Lipinski definition) is 2. The van der Waals surface area contributed by atoms with Crippen LogP contribution in [0.3, 0.4) is 0 Å². The largest absolute Gasteiger partial charge is 0.447 e. The van der Waals surface area contributed by atoms with Crippen molar-refractivity contribution >= 4 is 45.4 Å². The van der Waals surface area contributed by atoms with Gasteiger partial charge in [0.15, 0.2) is 0 Å². The zero-order valence-corrected chi connectivity index (χ0v) is 22.1. The Bertz CT molecular complexity index is 1350. The molecule has 0 radical (unpaired) electrons. The first-order valence-corrected chi connectivity index (χ1v) is 12.4.